The summed E-state index contributed by atoms with van der Waals surface area (Å²) >= 11 is 0. The maximum absolute atomic E-state index is 10.1. The Labute approximate surface area is 129 Å². The number of hydrogen-bond acceptors (Lipinski definition) is 2. The lowest BCUT2D eigenvalue weighted by molar-refractivity contribution is -0.122. The molecule has 2 nitrogen and oxygen atoms in total. The van der Waals surface area contributed by atoms with Gasteiger partial charge in [-0.3, -0.25) is 0 Å². The van der Waals surface area contributed by atoms with Gasteiger partial charge >= 0.3 is 0 Å². The van der Waals surface area contributed by atoms with Crippen LogP contribution in [0.3, 0.4) is 0 Å². The van der Waals surface area contributed by atoms with E-state index in [-0.39, 0.29) is 6.10 Å². The lowest BCUT2D eigenvalue weighted by Crippen LogP contribution is -2.55. The highest BCUT2D eigenvalue weighted by molar-refractivity contribution is 5.10. The molecule has 0 aromatic carbocycles. The van der Waals surface area contributed by atoms with Crippen LogP contribution in [0.25, 0.3) is 0 Å². The van der Waals surface area contributed by atoms with Crippen molar-refractivity contribution in [1.29, 1.82) is 0 Å². The zero-order valence-corrected chi connectivity index (χ0v) is 13.9. The van der Waals surface area contributed by atoms with Gasteiger partial charge in [-0.15, -0.1) is 0 Å². The predicted octanol–water partition coefficient (Wildman–Crippen LogP) is 3.72. The summed E-state index contributed by atoms with van der Waals surface area (Å²) in [5.74, 6) is 3.50. The van der Waals surface area contributed by atoms with Gasteiger partial charge < -0.3 is 10.8 Å². The maximum atomic E-state index is 10.1. The maximum Gasteiger partial charge on any atom is 0.0543 e. The summed E-state index contributed by atoms with van der Waals surface area (Å²) in [6.45, 7) is 5.06. The normalized spacial score (nSPS) is 60.0. The number of rotatable bonds is 0. The van der Waals surface area contributed by atoms with Crippen LogP contribution in [0.1, 0.15) is 71.6 Å². The molecule has 0 amide bonds. The van der Waals surface area contributed by atoms with Crippen LogP contribution in [0.2, 0.25) is 0 Å². The highest BCUT2D eigenvalue weighted by atomic mass is 16.3. The van der Waals surface area contributed by atoms with E-state index in [1.54, 1.807) is 0 Å². The van der Waals surface area contributed by atoms with Gasteiger partial charge in [0.1, 0.15) is 0 Å². The summed E-state index contributed by atoms with van der Waals surface area (Å²) in [7, 11) is 0. The summed E-state index contributed by atoms with van der Waals surface area (Å²) < 4.78 is 0. The molecule has 4 saturated carbocycles. The minimum absolute atomic E-state index is 0.0200. The highest BCUT2D eigenvalue weighted by Gasteiger charge is 2.59. The fraction of sp³-hybridized carbons (Fsp3) is 1.00. The van der Waals surface area contributed by atoms with Gasteiger partial charge in [-0.25, -0.2) is 0 Å². The number of fused-ring (bicyclic) bond motifs is 5. The molecule has 0 spiro atoms. The van der Waals surface area contributed by atoms with Crippen LogP contribution >= 0.6 is 0 Å². The van der Waals surface area contributed by atoms with Crippen molar-refractivity contribution in [2.75, 3.05) is 0 Å². The average Bonchev–Trinajstić information content (AvgIpc) is 2.76. The Kier molecular flexibility index (Phi) is 3.25. The second kappa shape index (κ2) is 4.71. The minimum atomic E-state index is -0.0200. The Morgan fingerprint density at radius 2 is 1.57 bits per heavy atom. The van der Waals surface area contributed by atoms with E-state index in [1.807, 2.05) is 0 Å². The lowest BCUT2D eigenvalue weighted by atomic mass is 9.45. The van der Waals surface area contributed by atoms with Crippen molar-refractivity contribution in [1.82, 2.24) is 0 Å². The van der Waals surface area contributed by atoms with Crippen LogP contribution < -0.4 is 5.73 Å². The molecule has 0 bridgehead atoms. The van der Waals surface area contributed by atoms with Crippen molar-refractivity contribution in [2.24, 2.45) is 40.2 Å². The molecule has 4 rings (SSSR count). The van der Waals surface area contributed by atoms with Crippen molar-refractivity contribution < 1.29 is 5.11 Å². The van der Waals surface area contributed by atoms with Crippen LogP contribution in [0.4, 0.5) is 0 Å². The van der Waals surface area contributed by atoms with E-state index in [2.05, 4.69) is 13.8 Å². The molecular weight excluding hydrogens is 258 g/mol. The molecule has 0 aromatic rings. The zero-order valence-electron chi connectivity index (χ0n) is 13.9. The molecule has 0 aliphatic heterocycles. The van der Waals surface area contributed by atoms with Crippen molar-refractivity contribution in [3.8, 4) is 0 Å². The van der Waals surface area contributed by atoms with Crippen molar-refractivity contribution in [3.63, 3.8) is 0 Å². The molecule has 3 N–H and O–H groups in total. The van der Waals surface area contributed by atoms with Gasteiger partial charge in [0.05, 0.1) is 6.10 Å². The molecule has 4 aliphatic rings. The molecule has 0 unspecified atom stereocenters. The highest BCUT2D eigenvalue weighted by Crippen LogP contribution is 2.65. The lowest BCUT2D eigenvalue weighted by Gasteiger charge is -2.60. The molecule has 0 saturated heterocycles. The molecule has 21 heavy (non-hydrogen) atoms. The Morgan fingerprint density at radius 1 is 0.857 bits per heavy atom. The monoisotopic (exact) mass is 291 g/mol. The largest absolute Gasteiger partial charge is 0.393 e. The third kappa shape index (κ3) is 1.91. The number of hydrogen-bond donors (Lipinski definition) is 2. The summed E-state index contributed by atoms with van der Waals surface area (Å²) in [5, 5.41) is 10.1. The van der Waals surface area contributed by atoms with Crippen LogP contribution in [-0.2, 0) is 0 Å². The summed E-state index contributed by atoms with van der Waals surface area (Å²) in [4.78, 5) is 0. The quantitative estimate of drug-likeness (QED) is 0.714. The van der Waals surface area contributed by atoms with E-state index in [0.717, 1.165) is 36.5 Å². The Hall–Kier alpha value is -0.0800. The first-order valence-electron chi connectivity index (χ1n) is 9.39. The average molecular weight is 291 g/mol. The third-order valence-corrected chi connectivity index (χ3v) is 8.71. The van der Waals surface area contributed by atoms with Crippen molar-refractivity contribution >= 4 is 0 Å². The molecule has 0 radical (unpaired) electrons. The van der Waals surface area contributed by atoms with Crippen molar-refractivity contribution in [3.05, 3.63) is 0 Å². The molecule has 0 aromatic heterocycles. The van der Waals surface area contributed by atoms with Crippen LogP contribution in [0.15, 0.2) is 0 Å². The summed E-state index contributed by atoms with van der Waals surface area (Å²) in [6, 6.07) is 0.446. The summed E-state index contributed by atoms with van der Waals surface area (Å²) in [6.07, 6.45) is 11.5. The first-order chi connectivity index (χ1) is 9.95. The van der Waals surface area contributed by atoms with Crippen LogP contribution in [-0.4, -0.2) is 17.3 Å². The SMILES string of the molecule is C[C@]12CC[C@@H](O)C[C@@H]1CC[C@H]1[C@H]3CC[C@H](N)[C@]3(C)CC[C@@H]12. The minimum Gasteiger partial charge on any atom is -0.393 e. The van der Waals surface area contributed by atoms with E-state index in [1.165, 1.54) is 44.9 Å². The number of aliphatic hydroxyl groups excluding tert-OH is 1. The second-order valence-corrected chi connectivity index (χ2v) is 9.31. The molecule has 8 atom stereocenters. The van der Waals surface area contributed by atoms with Crippen molar-refractivity contribution in [2.45, 2.75) is 83.8 Å². The van der Waals surface area contributed by atoms with Crippen LogP contribution in [0.5, 0.6) is 0 Å². The van der Waals surface area contributed by atoms with Gasteiger partial charge in [-0.05, 0) is 92.3 Å². The molecule has 0 heterocycles. The first-order valence-corrected chi connectivity index (χ1v) is 9.39. The third-order valence-electron chi connectivity index (χ3n) is 8.71. The van der Waals surface area contributed by atoms with Gasteiger partial charge in [-0.1, -0.05) is 13.8 Å². The second-order valence-electron chi connectivity index (χ2n) is 9.31. The Bertz CT molecular complexity index is 424. The molecular formula is C19H33NO. The fourth-order valence-electron chi connectivity index (χ4n) is 7.28. The van der Waals surface area contributed by atoms with E-state index in [4.69, 9.17) is 5.73 Å². The molecule has 4 fully saturated rings. The molecule has 4 aliphatic carbocycles. The first kappa shape index (κ1) is 14.5. The smallest absolute Gasteiger partial charge is 0.0543 e. The standard InChI is InChI=1S/C19H33NO/c1-18-9-7-13(21)11-12(18)3-4-14-15-5-6-17(20)19(15,2)10-8-16(14)18/h12-17,21H,3-11,20H2,1-2H3/t12-,13+,14-,15+,16-,17-,18-,19+/m0/s1. The number of aliphatic hydroxyl groups is 1. The molecule has 120 valence electrons. The van der Waals surface area contributed by atoms with Gasteiger partial charge in [0, 0.05) is 6.04 Å². The van der Waals surface area contributed by atoms with E-state index >= 15 is 0 Å². The van der Waals surface area contributed by atoms with Gasteiger partial charge in [0.25, 0.3) is 0 Å². The fourth-order valence-corrected chi connectivity index (χ4v) is 7.28. The van der Waals surface area contributed by atoms with Crippen LogP contribution in [0, 0.1) is 34.5 Å². The van der Waals surface area contributed by atoms with E-state index < -0.39 is 0 Å². The Morgan fingerprint density at radius 3 is 2.38 bits per heavy atom. The van der Waals surface area contributed by atoms with Gasteiger partial charge in [0.15, 0.2) is 0 Å². The summed E-state index contributed by atoms with van der Waals surface area (Å²) in [5.41, 5.74) is 7.43. The predicted molar refractivity (Wildman–Crippen MR) is 85.7 cm³/mol. The number of nitrogens with two attached hydrogens (primary N) is 1. The van der Waals surface area contributed by atoms with E-state index in [0.29, 0.717) is 16.9 Å². The molecule has 2 heteroatoms. The topological polar surface area (TPSA) is 46.2 Å². The van der Waals surface area contributed by atoms with E-state index in [9.17, 15) is 5.11 Å². The van der Waals surface area contributed by atoms with Gasteiger partial charge in [-0.2, -0.15) is 0 Å². The Balaban J connectivity index is 1.62. The zero-order chi connectivity index (χ0) is 14.8. The van der Waals surface area contributed by atoms with Gasteiger partial charge in [0.2, 0.25) is 0 Å².